The Labute approximate surface area is 265 Å². The number of esters is 2. The number of aliphatic hydroxyl groups is 1. The zero-order chi connectivity index (χ0) is 32.8. The highest BCUT2D eigenvalue weighted by molar-refractivity contribution is 5.70. The van der Waals surface area contributed by atoms with E-state index >= 15 is 0 Å². The van der Waals surface area contributed by atoms with Crippen LogP contribution in [0, 0.1) is 0 Å². The molecule has 0 aliphatic rings. The molecule has 0 heterocycles. The van der Waals surface area contributed by atoms with Crippen molar-refractivity contribution in [2.45, 2.75) is 130 Å². The number of nitrogens with one attached hydrogen (secondary N) is 2. The predicted octanol–water partition coefficient (Wildman–Crippen LogP) is 5.10. The first kappa shape index (κ1) is 41.4. The molecule has 44 heavy (non-hydrogen) atoms. The van der Waals surface area contributed by atoms with Crippen molar-refractivity contribution >= 4 is 24.1 Å². The number of ether oxygens (including phenoxy) is 4. The van der Waals surface area contributed by atoms with E-state index in [0.717, 1.165) is 64.2 Å². The van der Waals surface area contributed by atoms with Crippen LogP contribution in [-0.4, -0.2) is 98.9 Å². The van der Waals surface area contributed by atoms with Crippen molar-refractivity contribution in [2.75, 3.05) is 52.5 Å². The van der Waals surface area contributed by atoms with E-state index in [-0.39, 0.29) is 55.8 Å². The molecule has 12 heteroatoms. The van der Waals surface area contributed by atoms with Gasteiger partial charge in [0.2, 0.25) is 0 Å². The largest absolute Gasteiger partial charge is 0.466 e. The van der Waals surface area contributed by atoms with E-state index in [9.17, 15) is 24.3 Å². The number of unbranched alkanes of at least 4 members (excludes halogenated alkanes) is 4. The van der Waals surface area contributed by atoms with E-state index in [4.69, 9.17) is 18.9 Å². The molecule has 0 aromatic heterocycles. The van der Waals surface area contributed by atoms with Gasteiger partial charge in [-0.25, -0.2) is 9.59 Å². The molecule has 0 radical (unpaired) electrons. The van der Waals surface area contributed by atoms with E-state index in [2.05, 4.69) is 24.5 Å². The van der Waals surface area contributed by atoms with Crippen molar-refractivity contribution in [3.8, 4) is 0 Å². The van der Waals surface area contributed by atoms with E-state index < -0.39 is 0 Å². The summed E-state index contributed by atoms with van der Waals surface area (Å²) in [6, 6.07) is 0. The average Bonchev–Trinajstić information content (AvgIpc) is 3.00. The van der Waals surface area contributed by atoms with Crippen molar-refractivity contribution in [3.63, 3.8) is 0 Å². The molecular formula is C32H61N3O9. The Morgan fingerprint density at radius 3 is 1.43 bits per heavy atom. The Bertz CT molecular complexity index is 696. The molecule has 0 rings (SSSR count). The maximum atomic E-state index is 12.1. The third kappa shape index (κ3) is 24.8. The van der Waals surface area contributed by atoms with Gasteiger partial charge >= 0.3 is 24.1 Å². The van der Waals surface area contributed by atoms with E-state index in [1.165, 1.54) is 0 Å². The summed E-state index contributed by atoms with van der Waals surface area (Å²) in [6.45, 7) is 10.8. The topological polar surface area (TPSA) is 153 Å². The number of carbonyl (C=O) groups is 4. The fourth-order valence-corrected chi connectivity index (χ4v) is 4.40. The summed E-state index contributed by atoms with van der Waals surface area (Å²) in [4.78, 5) is 49.7. The zero-order valence-electron chi connectivity index (χ0n) is 27.9. The number of alkyl carbamates (subject to hydrolysis) is 2. The van der Waals surface area contributed by atoms with Crippen molar-refractivity contribution in [1.82, 2.24) is 15.5 Å². The van der Waals surface area contributed by atoms with Crippen LogP contribution in [0.1, 0.15) is 118 Å². The summed E-state index contributed by atoms with van der Waals surface area (Å²) in [5.41, 5.74) is 0. The van der Waals surface area contributed by atoms with Crippen molar-refractivity contribution < 1.29 is 43.2 Å². The standard InChI is InChI=1S/C32H61N3O9/c1-5-15-27(7-3)43-31(39)33-19-11-9-13-25-41-29(37)17-21-35(23-24-36)22-18-30(38)42-26-14-10-12-20-34-32(40)44-28(8-4)16-6-2/h27-28,36H,5-26H2,1-4H3,(H,33,39)(H,34,40). The van der Waals surface area contributed by atoms with Crippen LogP contribution in [0.25, 0.3) is 0 Å². The van der Waals surface area contributed by atoms with Crippen LogP contribution in [-0.2, 0) is 28.5 Å². The number of hydrogen-bond donors (Lipinski definition) is 3. The molecule has 0 saturated carbocycles. The monoisotopic (exact) mass is 631 g/mol. The van der Waals surface area contributed by atoms with Gasteiger partial charge in [-0.15, -0.1) is 0 Å². The highest BCUT2D eigenvalue weighted by Crippen LogP contribution is 2.08. The van der Waals surface area contributed by atoms with E-state index in [0.29, 0.717) is 58.8 Å². The second-order valence-electron chi connectivity index (χ2n) is 10.9. The van der Waals surface area contributed by atoms with Crippen LogP contribution in [0.3, 0.4) is 0 Å². The molecule has 2 unspecified atom stereocenters. The lowest BCUT2D eigenvalue weighted by Crippen LogP contribution is -2.32. The van der Waals surface area contributed by atoms with Crippen molar-refractivity contribution in [1.29, 1.82) is 0 Å². The van der Waals surface area contributed by atoms with Crippen molar-refractivity contribution in [3.05, 3.63) is 0 Å². The Hall–Kier alpha value is -2.60. The first-order chi connectivity index (χ1) is 21.3. The lowest BCUT2D eigenvalue weighted by Gasteiger charge is -2.20. The first-order valence-corrected chi connectivity index (χ1v) is 16.8. The highest BCUT2D eigenvalue weighted by Gasteiger charge is 2.14. The third-order valence-corrected chi connectivity index (χ3v) is 7.07. The van der Waals surface area contributed by atoms with Gasteiger partial charge in [0.15, 0.2) is 0 Å². The smallest absolute Gasteiger partial charge is 0.407 e. The summed E-state index contributed by atoms with van der Waals surface area (Å²) < 4.78 is 21.3. The van der Waals surface area contributed by atoms with Crippen LogP contribution >= 0.6 is 0 Å². The maximum Gasteiger partial charge on any atom is 0.407 e. The first-order valence-electron chi connectivity index (χ1n) is 16.8. The molecule has 2 atom stereocenters. The number of rotatable bonds is 28. The molecule has 12 nitrogen and oxygen atoms in total. The van der Waals surface area contributed by atoms with Gasteiger partial charge in [0.25, 0.3) is 0 Å². The molecule has 3 N–H and O–H groups in total. The Kier molecular flexibility index (Phi) is 27.4. The van der Waals surface area contributed by atoms with Crippen molar-refractivity contribution in [2.24, 2.45) is 0 Å². The molecule has 0 bridgehead atoms. The molecule has 0 aromatic rings. The van der Waals surface area contributed by atoms with Gasteiger partial charge in [-0.3, -0.25) is 14.5 Å². The van der Waals surface area contributed by atoms with E-state index in [1.54, 1.807) is 0 Å². The number of hydrogen-bond acceptors (Lipinski definition) is 10. The molecular weight excluding hydrogens is 570 g/mol. The predicted molar refractivity (Wildman–Crippen MR) is 169 cm³/mol. The minimum atomic E-state index is -0.384. The number of aliphatic hydroxyl groups excluding tert-OH is 1. The summed E-state index contributed by atoms with van der Waals surface area (Å²) in [5.74, 6) is -0.653. The van der Waals surface area contributed by atoms with Gasteiger partial charge < -0.3 is 34.7 Å². The summed E-state index contributed by atoms with van der Waals surface area (Å²) >= 11 is 0. The second-order valence-corrected chi connectivity index (χ2v) is 10.9. The molecule has 0 aromatic carbocycles. The Balaban J connectivity index is 3.89. The molecule has 0 aliphatic heterocycles. The summed E-state index contributed by atoms with van der Waals surface area (Å²) in [7, 11) is 0. The molecule has 2 amide bonds. The SMILES string of the molecule is CCCC(CC)OC(=O)NCCCCCOC(=O)CCN(CCO)CCC(=O)OCCCCCNC(=O)OC(CC)CCC. The van der Waals surface area contributed by atoms with Gasteiger partial charge in [-0.05, 0) is 64.2 Å². The highest BCUT2D eigenvalue weighted by atomic mass is 16.6. The number of carbonyl (C=O) groups excluding carboxylic acids is 4. The van der Waals surface area contributed by atoms with Gasteiger partial charge in [0.05, 0.1) is 32.7 Å². The molecule has 0 spiro atoms. The maximum absolute atomic E-state index is 12.1. The second kappa shape index (κ2) is 29.1. The van der Waals surface area contributed by atoms with Crippen LogP contribution in [0.4, 0.5) is 9.59 Å². The van der Waals surface area contributed by atoms with Crippen LogP contribution < -0.4 is 10.6 Å². The average molecular weight is 632 g/mol. The Morgan fingerprint density at radius 2 is 1.07 bits per heavy atom. The van der Waals surface area contributed by atoms with Gasteiger partial charge in [-0.2, -0.15) is 0 Å². The minimum absolute atomic E-state index is 0.0412. The lowest BCUT2D eigenvalue weighted by molar-refractivity contribution is -0.144. The minimum Gasteiger partial charge on any atom is -0.466 e. The third-order valence-electron chi connectivity index (χ3n) is 7.07. The fraction of sp³-hybridized carbons (Fsp3) is 0.875. The zero-order valence-corrected chi connectivity index (χ0v) is 27.9. The summed E-state index contributed by atoms with van der Waals surface area (Å²) in [6.07, 6.45) is 9.30. The summed E-state index contributed by atoms with van der Waals surface area (Å²) in [5, 5.41) is 14.9. The fourth-order valence-electron chi connectivity index (χ4n) is 4.40. The quantitative estimate of drug-likeness (QED) is 0.0604. The molecule has 0 saturated heterocycles. The molecule has 258 valence electrons. The lowest BCUT2D eigenvalue weighted by atomic mass is 10.2. The van der Waals surface area contributed by atoms with Crippen LogP contribution in [0.2, 0.25) is 0 Å². The molecule has 0 aliphatic carbocycles. The van der Waals surface area contributed by atoms with Gasteiger partial charge in [-0.1, -0.05) is 40.5 Å². The number of nitrogens with zero attached hydrogens (tertiary/aromatic N) is 1. The molecule has 0 fully saturated rings. The number of amides is 2. The van der Waals surface area contributed by atoms with Crippen LogP contribution in [0.5, 0.6) is 0 Å². The van der Waals surface area contributed by atoms with Gasteiger partial charge in [0.1, 0.15) is 12.2 Å². The van der Waals surface area contributed by atoms with Gasteiger partial charge in [0, 0.05) is 32.7 Å². The normalized spacial score (nSPS) is 12.3. The Morgan fingerprint density at radius 1 is 0.636 bits per heavy atom. The van der Waals surface area contributed by atoms with E-state index in [1.807, 2.05) is 18.7 Å². The van der Waals surface area contributed by atoms with Crippen LogP contribution in [0.15, 0.2) is 0 Å².